The van der Waals surface area contributed by atoms with Crippen LogP contribution in [0.4, 0.5) is 4.39 Å². The molecule has 5 rings (SSSR count). The van der Waals surface area contributed by atoms with Gasteiger partial charge in [-0.3, -0.25) is 10.2 Å². The van der Waals surface area contributed by atoms with Crippen molar-refractivity contribution in [2.24, 2.45) is 10.1 Å². The Bertz CT molecular complexity index is 1460. The molecule has 34 heavy (non-hydrogen) atoms. The van der Waals surface area contributed by atoms with Gasteiger partial charge in [-0.1, -0.05) is 12.1 Å². The molecule has 3 heterocycles. The summed E-state index contributed by atoms with van der Waals surface area (Å²) in [4.78, 5) is 17.0. The van der Waals surface area contributed by atoms with Crippen molar-refractivity contribution in [1.82, 2.24) is 9.58 Å². The van der Waals surface area contributed by atoms with Crippen LogP contribution in [-0.4, -0.2) is 31.5 Å². The zero-order valence-corrected chi connectivity index (χ0v) is 20.0. The van der Waals surface area contributed by atoms with Gasteiger partial charge in [0.1, 0.15) is 10.9 Å². The molecule has 0 aliphatic carbocycles. The molecule has 1 N–H and O–H groups in total. The lowest BCUT2D eigenvalue weighted by molar-refractivity contribution is -0.114. The maximum absolute atomic E-state index is 13.3. The minimum atomic E-state index is -0.476. The fourth-order valence-electron chi connectivity index (χ4n) is 4.14. The Morgan fingerprint density at radius 1 is 1.06 bits per heavy atom. The number of halogens is 1. The topological polar surface area (TPSA) is 73.8 Å². The van der Waals surface area contributed by atoms with Gasteiger partial charge in [-0.15, -0.1) is 0 Å². The van der Waals surface area contributed by atoms with Gasteiger partial charge in [-0.2, -0.15) is 15.1 Å². The summed E-state index contributed by atoms with van der Waals surface area (Å²) < 4.78 is 15.4. The molecule has 1 aromatic heterocycles. The van der Waals surface area contributed by atoms with Crippen molar-refractivity contribution in [2.45, 2.75) is 27.7 Å². The molecule has 1 amide bonds. The summed E-state index contributed by atoms with van der Waals surface area (Å²) in [7, 11) is 0. The number of aliphatic imine (C=N–C) groups is 1. The van der Waals surface area contributed by atoms with Crippen molar-refractivity contribution in [1.29, 1.82) is 5.41 Å². The maximum atomic E-state index is 13.3. The summed E-state index contributed by atoms with van der Waals surface area (Å²) in [5.41, 5.74) is 7.22. The van der Waals surface area contributed by atoms with E-state index in [0.717, 1.165) is 22.6 Å². The first-order valence-electron chi connectivity index (χ1n) is 10.8. The highest BCUT2D eigenvalue weighted by molar-refractivity contribution is 8.27. The molecular weight excluding hydrogens is 449 g/mol. The summed E-state index contributed by atoms with van der Waals surface area (Å²) in [6.45, 7) is 8.21. The fourth-order valence-corrected chi connectivity index (χ4v) is 5.04. The highest BCUT2D eigenvalue weighted by Gasteiger charge is 2.36. The fraction of sp³-hybridized carbons (Fsp3) is 0.154. The number of hydrogen-bond donors (Lipinski definition) is 1. The number of aromatic nitrogens is 1. The van der Waals surface area contributed by atoms with Gasteiger partial charge in [0.05, 0.1) is 5.57 Å². The number of aryl methyl sites for hydroxylation is 2. The predicted molar refractivity (Wildman–Crippen MR) is 135 cm³/mol. The van der Waals surface area contributed by atoms with Gasteiger partial charge in [-0.05, 0) is 98.6 Å². The molecule has 0 saturated carbocycles. The second-order valence-electron chi connectivity index (χ2n) is 8.31. The summed E-state index contributed by atoms with van der Waals surface area (Å²) in [6.07, 6.45) is 1.71. The second kappa shape index (κ2) is 8.22. The summed E-state index contributed by atoms with van der Waals surface area (Å²) in [5, 5.41) is 15.4. The first-order chi connectivity index (χ1) is 16.2. The van der Waals surface area contributed by atoms with Crippen molar-refractivity contribution < 1.29 is 9.18 Å². The molecule has 3 aromatic rings. The molecule has 170 valence electrons. The lowest BCUT2D eigenvalue weighted by Gasteiger charge is -2.20. The molecule has 2 aromatic carbocycles. The average molecular weight is 472 g/mol. The van der Waals surface area contributed by atoms with E-state index in [4.69, 9.17) is 5.41 Å². The molecule has 0 saturated heterocycles. The minimum absolute atomic E-state index is 0.0313. The van der Waals surface area contributed by atoms with Crippen LogP contribution in [0.2, 0.25) is 0 Å². The third-order valence-electron chi connectivity index (χ3n) is 6.13. The minimum Gasteiger partial charge on any atom is -0.318 e. The number of hydrazone groups is 1. The molecule has 8 heteroatoms. The Hall–Kier alpha value is -3.78. The molecule has 0 unspecified atom stereocenters. The van der Waals surface area contributed by atoms with Gasteiger partial charge in [0, 0.05) is 22.6 Å². The second-order valence-corrected chi connectivity index (χ2v) is 9.27. The van der Waals surface area contributed by atoms with Crippen molar-refractivity contribution in [3.05, 3.63) is 93.6 Å². The standard InChI is InChI=1S/C26H22FN5OS/c1-14-6-5-7-22(16(14)3)31-15(2)12-19(17(31)4)13-21-23(28)32-26(29-24(21)33)34-25(30-32)18-8-10-20(27)11-9-18/h5-13,28H,1-4H3. The zero-order chi connectivity index (χ0) is 24.1. The Balaban J connectivity index is 1.52. The van der Waals surface area contributed by atoms with Gasteiger partial charge in [0.2, 0.25) is 5.17 Å². The van der Waals surface area contributed by atoms with Crippen molar-refractivity contribution in [3.8, 4) is 5.69 Å². The van der Waals surface area contributed by atoms with Crippen LogP contribution in [0.5, 0.6) is 0 Å². The molecule has 2 aliphatic heterocycles. The molecule has 0 radical (unpaired) electrons. The Morgan fingerprint density at radius 2 is 1.79 bits per heavy atom. The molecule has 2 aliphatic rings. The Labute approximate surface area is 201 Å². The summed E-state index contributed by atoms with van der Waals surface area (Å²) in [6, 6.07) is 14.1. The summed E-state index contributed by atoms with van der Waals surface area (Å²) in [5.74, 6) is -0.846. The van der Waals surface area contributed by atoms with Crippen LogP contribution in [0.1, 0.15) is 33.6 Å². The van der Waals surface area contributed by atoms with E-state index in [9.17, 15) is 9.18 Å². The van der Waals surface area contributed by atoms with Crippen molar-refractivity contribution >= 4 is 39.8 Å². The van der Waals surface area contributed by atoms with Crippen LogP contribution in [0.15, 0.2) is 64.2 Å². The number of carbonyl (C=O) groups is 1. The first kappa shape index (κ1) is 22.0. The molecule has 0 bridgehead atoms. The predicted octanol–water partition coefficient (Wildman–Crippen LogP) is 5.52. The lowest BCUT2D eigenvalue weighted by atomic mass is 10.1. The van der Waals surface area contributed by atoms with Crippen LogP contribution in [-0.2, 0) is 4.79 Å². The third-order valence-corrected chi connectivity index (χ3v) is 7.09. The smallest absolute Gasteiger partial charge is 0.283 e. The summed E-state index contributed by atoms with van der Waals surface area (Å²) >= 11 is 1.19. The number of benzene rings is 2. The number of carbonyl (C=O) groups excluding carboxylic acids is 1. The first-order valence-corrected chi connectivity index (χ1v) is 11.6. The van der Waals surface area contributed by atoms with Gasteiger partial charge in [0.15, 0.2) is 5.84 Å². The Kier molecular flexibility index (Phi) is 5.32. The number of thioether (sulfide) groups is 1. The van der Waals surface area contributed by atoms with E-state index in [2.05, 4.69) is 40.6 Å². The number of rotatable bonds is 3. The van der Waals surface area contributed by atoms with Crippen LogP contribution < -0.4 is 0 Å². The van der Waals surface area contributed by atoms with Crippen molar-refractivity contribution in [2.75, 3.05) is 0 Å². The number of nitrogens with one attached hydrogen (secondary N) is 1. The average Bonchev–Trinajstić information content (AvgIpc) is 3.34. The molecule has 0 atom stereocenters. The van der Waals surface area contributed by atoms with Crippen LogP contribution in [0.3, 0.4) is 0 Å². The number of hydrogen-bond acceptors (Lipinski definition) is 4. The van der Waals surface area contributed by atoms with E-state index < -0.39 is 5.91 Å². The number of amides is 1. The SMILES string of the molecule is Cc1cccc(-n2c(C)cc(C=C3C(=N)N4N=C(c5ccc(F)cc5)SC4=NC3=O)c2C)c1C. The number of fused-ring (bicyclic) bond motifs is 1. The monoisotopic (exact) mass is 471 g/mol. The van der Waals surface area contributed by atoms with Gasteiger partial charge in [-0.25, -0.2) is 4.39 Å². The van der Waals surface area contributed by atoms with E-state index in [-0.39, 0.29) is 17.2 Å². The molecule has 0 spiro atoms. The van der Waals surface area contributed by atoms with Crippen LogP contribution in [0, 0.1) is 38.9 Å². The molecular formula is C26H22FN5OS. The van der Waals surface area contributed by atoms with E-state index in [1.54, 1.807) is 18.2 Å². The normalized spacial score (nSPS) is 16.7. The van der Waals surface area contributed by atoms with Gasteiger partial charge >= 0.3 is 0 Å². The zero-order valence-electron chi connectivity index (χ0n) is 19.2. The van der Waals surface area contributed by atoms with E-state index in [1.807, 2.05) is 26.0 Å². The van der Waals surface area contributed by atoms with Crippen molar-refractivity contribution in [3.63, 3.8) is 0 Å². The van der Waals surface area contributed by atoms with Gasteiger partial charge in [0.25, 0.3) is 5.91 Å². The lowest BCUT2D eigenvalue weighted by Crippen LogP contribution is -2.35. The van der Waals surface area contributed by atoms with E-state index in [0.29, 0.717) is 15.8 Å². The molecule has 6 nitrogen and oxygen atoms in total. The highest BCUT2D eigenvalue weighted by Crippen LogP contribution is 2.32. The van der Waals surface area contributed by atoms with Gasteiger partial charge < -0.3 is 4.57 Å². The number of amidine groups is 2. The van der Waals surface area contributed by atoms with E-state index in [1.165, 1.54) is 40.0 Å². The highest BCUT2D eigenvalue weighted by atomic mass is 32.2. The quantitative estimate of drug-likeness (QED) is 0.512. The maximum Gasteiger partial charge on any atom is 0.283 e. The van der Waals surface area contributed by atoms with Crippen LogP contribution >= 0.6 is 11.8 Å². The Morgan fingerprint density at radius 3 is 2.53 bits per heavy atom. The third kappa shape index (κ3) is 3.60. The largest absolute Gasteiger partial charge is 0.318 e. The molecule has 0 fully saturated rings. The van der Waals surface area contributed by atoms with Crippen LogP contribution in [0.25, 0.3) is 11.8 Å². The van der Waals surface area contributed by atoms with E-state index >= 15 is 0 Å². The number of nitrogens with zero attached hydrogens (tertiary/aromatic N) is 4.